The number of benzene rings is 3. The summed E-state index contributed by atoms with van der Waals surface area (Å²) in [5, 5.41) is 9.16. The van der Waals surface area contributed by atoms with Gasteiger partial charge in [-0.1, -0.05) is 55.6 Å². The van der Waals surface area contributed by atoms with Crippen LogP contribution in [0.1, 0.15) is 24.3 Å². The van der Waals surface area contributed by atoms with Gasteiger partial charge >= 0.3 is 0 Å². The van der Waals surface area contributed by atoms with Gasteiger partial charge in [0.15, 0.2) is 0 Å². The zero-order valence-corrected chi connectivity index (χ0v) is 26.6. The number of hydrogen-bond donors (Lipinski definition) is 1. The maximum absolute atomic E-state index is 14.2. The van der Waals surface area contributed by atoms with Gasteiger partial charge in [-0.15, -0.1) is 0 Å². The lowest BCUT2D eigenvalue weighted by molar-refractivity contribution is -0.126. The molecule has 7 rings (SSSR count). The van der Waals surface area contributed by atoms with Gasteiger partial charge < -0.3 is 9.84 Å². The molecule has 1 saturated carbocycles. The maximum atomic E-state index is 14.2. The van der Waals surface area contributed by atoms with Gasteiger partial charge in [0.2, 0.25) is 23.6 Å². The van der Waals surface area contributed by atoms with Gasteiger partial charge in [0.25, 0.3) is 0 Å². The molecule has 1 N–H and O–H groups in total. The fraction of sp³-hybridized carbons (Fsp3) is 0.294. The maximum Gasteiger partial charge on any atom is 0.238 e. The highest BCUT2D eigenvalue weighted by Crippen LogP contribution is 2.58. The molecule has 224 valence electrons. The number of fused-ring (bicyclic) bond motifs is 4. The van der Waals surface area contributed by atoms with Gasteiger partial charge in [0, 0.05) is 14.9 Å². The second-order valence-corrected chi connectivity index (χ2v) is 13.5. The molecule has 4 amide bonds. The molecule has 0 radical (unpaired) electrons. The van der Waals surface area contributed by atoms with Crippen molar-refractivity contribution in [2.45, 2.75) is 18.8 Å². The molecular formula is C34H28Br2N2O6. The first-order chi connectivity index (χ1) is 21.3. The molecule has 2 saturated heterocycles. The number of aliphatic hydroxyl groups excluding tert-OH is 1. The monoisotopic (exact) mass is 718 g/mol. The third-order valence-corrected chi connectivity index (χ3v) is 10.5. The number of carbonyl (C=O) groups is 4. The van der Waals surface area contributed by atoms with Gasteiger partial charge in [-0.3, -0.25) is 29.0 Å². The SMILES string of the molecule is O=C1C2CC=C3C(CC4C(=O)N(c5ccc(Br)cc5)C(=O)C4C3c3ccc(OCCO)cc3)C2C(=O)N1c1ccc(Br)cc1. The highest BCUT2D eigenvalue weighted by atomic mass is 79.9. The van der Waals surface area contributed by atoms with E-state index in [1.165, 1.54) is 9.80 Å². The molecule has 3 aromatic carbocycles. The minimum atomic E-state index is -0.649. The summed E-state index contributed by atoms with van der Waals surface area (Å²) >= 11 is 6.84. The van der Waals surface area contributed by atoms with Crippen LogP contribution in [0.5, 0.6) is 5.75 Å². The summed E-state index contributed by atoms with van der Waals surface area (Å²) in [6.45, 7) is 0.0433. The van der Waals surface area contributed by atoms with Crippen molar-refractivity contribution in [1.29, 1.82) is 0 Å². The zero-order chi connectivity index (χ0) is 30.7. The number of ether oxygens (including phenoxy) is 1. The van der Waals surface area contributed by atoms with E-state index in [0.29, 0.717) is 30.0 Å². The predicted octanol–water partition coefficient (Wildman–Crippen LogP) is 5.63. The largest absolute Gasteiger partial charge is 0.491 e. The Hall–Kier alpha value is -3.60. The Morgan fingerprint density at radius 2 is 1.23 bits per heavy atom. The lowest BCUT2D eigenvalue weighted by Crippen LogP contribution is -2.43. The smallest absolute Gasteiger partial charge is 0.238 e. The van der Waals surface area contributed by atoms with Gasteiger partial charge in [-0.05, 0) is 85.0 Å². The number of carbonyl (C=O) groups excluding carboxylic acids is 4. The average molecular weight is 720 g/mol. The van der Waals surface area contributed by atoms with Crippen molar-refractivity contribution in [3.05, 3.63) is 99.0 Å². The second-order valence-electron chi connectivity index (χ2n) is 11.6. The molecule has 6 unspecified atom stereocenters. The summed E-state index contributed by atoms with van der Waals surface area (Å²) in [6, 6.07) is 21.6. The van der Waals surface area contributed by atoms with E-state index in [4.69, 9.17) is 9.84 Å². The van der Waals surface area contributed by atoms with Crippen molar-refractivity contribution in [3.8, 4) is 5.75 Å². The predicted molar refractivity (Wildman–Crippen MR) is 170 cm³/mol. The Morgan fingerprint density at radius 3 is 1.80 bits per heavy atom. The summed E-state index contributed by atoms with van der Waals surface area (Å²) in [5.41, 5.74) is 2.81. The Balaban J connectivity index is 1.30. The molecule has 0 bridgehead atoms. The van der Waals surface area contributed by atoms with Crippen molar-refractivity contribution in [2.24, 2.45) is 29.6 Å². The molecule has 3 fully saturated rings. The average Bonchev–Trinajstić information content (AvgIpc) is 3.44. The molecule has 8 nitrogen and oxygen atoms in total. The third kappa shape index (κ3) is 4.66. The Morgan fingerprint density at radius 1 is 0.682 bits per heavy atom. The molecule has 3 aromatic rings. The van der Waals surface area contributed by atoms with Crippen LogP contribution in [0.25, 0.3) is 0 Å². The lowest BCUT2D eigenvalue weighted by Gasteiger charge is -2.44. The molecule has 10 heteroatoms. The van der Waals surface area contributed by atoms with Gasteiger partial charge in [-0.2, -0.15) is 0 Å². The summed E-state index contributed by atoms with van der Waals surface area (Å²) in [7, 11) is 0. The van der Waals surface area contributed by atoms with Crippen LogP contribution < -0.4 is 14.5 Å². The number of halogens is 2. The number of aliphatic hydroxyl groups is 1. The first-order valence-electron chi connectivity index (χ1n) is 14.6. The van der Waals surface area contributed by atoms with Crippen molar-refractivity contribution >= 4 is 66.9 Å². The number of rotatable bonds is 6. The third-order valence-electron chi connectivity index (χ3n) is 9.42. The van der Waals surface area contributed by atoms with E-state index in [2.05, 4.69) is 31.9 Å². The second kappa shape index (κ2) is 11.4. The van der Waals surface area contributed by atoms with E-state index < -0.39 is 29.6 Å². The molecule has 2 heterocycles. The minimum Gasteiger partial charge on any atom is -0.491 e. The van der Waals surface area contributed by atoms with Gasteiger partial charge in [-0.25, -0.2) is 0 Å². The Bertz CT molecular complexity index is 1690. The first-order valence-corrected chi connectivity index (χ1v) is 16.2. The van der Waals surface area contributed by atoms with Crippen LogP contribution in [0.3, 0.4) is 0 Å². The van der Waals surface area contributed by atoms with E-state index in [1.54, 1.807) is 60.7 Å². The van der Waals surface area contributed by atoms with E-state index >= 15 is 0 Å². The minimum absolute atomic E-state index is 0.113. The van der Waals surface area contributed by atoms with Crippen LogP contribution in [0.2, 0.25) is 0 Å². The molecule has 2 aliphatic heterocycles. The number of nitrogens with zero attached hydrogens (tertiary/aromatic N) is 2. The van der Waals surface area contributed by atoms with Crippen molar-refractivity contribution in [3.63, 3.8) is 0 Å². The molecule has 6 atom stereocenters. The Labute approximate surface area is 270 Å². The lowest BCUT2D eigenvalue weighted by atomic mass is 9.57. The highest BCUT2D eigenvalue weighted by molar-refractivity contribution is 9.10. The first kappa shape index (κ1) is 29.1. The number of anilines is 2. The van der Waals surface area contributed by atoms with Crippen molar-refractivity contribution < 1.29 is 29.0 Å². The molecule has 0 spiro atoms. The number of allylic oxidation sites excluding steroid dienone is 2. The Kier molecular flexibility index (Phi) is 7.54. The number of amides is 4. The fourth-order valence-electron chi connectivity index (χ4n) is 7.59. The van der Waals surface area contributed by atoms with E-state index in [-0.39, 0.29) is 42.8 Å². The van der Waals surface area contributed by atoms with Crippen molar-refractivity contribution in [1.82, 2.24) is 0 Å². The van der Waals surface area contributed by atoms with Crippen LogP contribution in [-0.4, -0.2) is 41.9 Å². The normalized spacial score (nSPS) is 27.7. The molecule has 0 aromatic heterocycles. The molecule has 44 heavy (non-hydrogen) atoms. The highest BCUT2D eigenvalue weighted by Gasteiger charge is 2.62. The van der Waals surface area contributed by atoms with Crippen LogP contribution in [0.4, 0.5) is 11.4 Å². The number of hydrogen-bond acceptors (Lipinski definition) is 6. The summed E-state index contributed by atoms with van der Waals surface area (Å²) < 4.78 is 7.25. The van der Waals surface area contributed by atoms with E-state index in [0.717, 1.165) is 20.1 Å². The quantitative estimate of drug-likeness (QED) is 0.262. The van der Waals surface area contributed by atoms with Crippen LogP contribution in [0, 0.1) is 29.6 Å². The van der Waals surface area contributed by atoms with Crippen LogP contribution >= 0.6 is 31.9 Å². The van der Waals surface area contributed by atoms with Crippen molar-refractivity contribution in [2.75, 3.05) is 23.0 Å². The van der Waals surface area contributed by atoms with Gasteiger partial charge in [0.1, 0.15) is 12.4 Å². The summed E-state index contributed by atoms with van der Waals surface area (Å²) in [4.78, 5) is 58.6. The molecule has 4 aliphatic rings. The van der Waals surface area contributed by atoms with Crippen LogP contribution in [-0.2, 0) is 19.2 Å². The summed E-state index contributed by atoms with van der Waals surface area (Å²) in [6.07, 6.45) is 2.74. The van der Waals surface area contributed by atoms with E-state index in [9.17, 15) is 19.2 Å². The topological polar surface area (TPSA) is 104 Å². The molecule has 2 aliphatic carbocycles. The van der Waals surface area contributed by atoms with E-state index in [1.807, 2.05) is 18.2 Å². The fourth-order valence-corrected chi connectivity index (χ4v) is 8.12. The zero-order valence-electron chi connectivity index (χ0n) is 23.4. The van der Waals surface area contributed by atoms with Crippen LogP contribution in [0.15, 0.2) is 93.4 Å². The summed E-state index contributed by atoms with van der Waals surface area (Å²) in [5.74, 6) is -3.72. The number of imide groups is 2. The standard InChI is InChI=1S/C34H28Br2N2O6/c35-19-3-7-21(8-4-19)37-31(40)25-14-13-24-26(29(25)33(37)42)17-27-30(28(24)18-1-11-23(12-2-18)44-16-15-39)34(43)38(32(27)41)22-9-5-20(36)6-10-22/h1-13,25-30,39H,14-17H2. The van der Waals surface area contributed by atoms with Gasteiger partial charge in [0.05, 0.1) is 41.7 Å². The molecular weight excluding hydrogens is 692 g/mol.